The lowest BCUT2D eigenvalue weighted by molar-refractivity contribution is -0.380. The zero-order chi connectivity index (χ0) is 25.3. The zero-order valence-electron chi connectivity index (χ0n) is 18.0. The molecule has 1 aromatic carbocycles. The van der Waals surface area contributed by atoms with Crippen LogP contribution in [0.2, 0.25) is 0 Å². The number of aromatic amines is 1. The van der Waals surface area contributed by atoms with Gasteiger partial charge in [0.05, 0.1) is 30.8 Å². The average molecular weight is 479 g/mol. The van der Waals surface area contributed by atoms with E-state index in [0.29, 0.717) is 29.7 Å². The van der Waals surface area contributed by atoms with Crippen molar-refractivity contribution in [3.05, 3.63) is 42.4 Å². The third kappa shape index (κ3) is 7.07. The maximum atomic E-state index is 10.5. The first-order chi connectivity index (χ1) is 16.1. The summed E-state index contributed by atoms with van der Waals surface area (Å²) in [4.78, 5) is 16.9. The molecule has 0 fully saturated rings. The van der Waals surface area contributed by atoms with E-state index in [2.05, 4.69) is 31.2 Å². The zero-order valence-corrected chi connectivity index (χ0v) is 18.0. The van der Waals surface area contributed by atoms with Gasteiger partial charge in [-0.05, 0) is 19.1 Å². The summed E-state index contributed by atoms with van der Waals surface area (Å²) in [6, 6.07) is 9.35. The fourth-order valence-electron chi connectivity index (χ4n) is 2.42. The number of carboxylic acids is 1. The van der Waals surface area contributed by atoms with Crippen LogP contribution in [0.4, 0.5) is 24.8 Å². The van der Waals surface area contributed by atoms with Crippen molar-refractivity contribution in [1.82, 2.24) is 20.2 Å². The number of ether oxygens (including phenoxy) is 2. The van der Waals surface area contributed by atoms with Gasteiger partial charge in [0.2, 0.25) is 0 Å². The number of anilines is 2. The molecule has 2 heterocycles. The fraction of sp³-hybridized carbons (Fsp3) is 0.250. The minimum absolute atomic E-state index is 0.0368. The molecule has 5 N–H and O–H groups in total. The number of rotatable bonds is 7. The molecule has 0 aliphatic carbocycles. The molecule has 0 saturated heterocycles. The molecule has 3 rings (SSSR count). The van der Waals surface area contributed by atoms with Crippen LogP contribution in [0.5, 0.6) is 11.5 Å². The number of quaternary nitrogens is 1. The third-order valence-electron chi connectivity index (χ3n) is 4.04. The average Bonchev–Trinajstić information content (AvgIpc) is 3.27. The quantitative estimate of drug-likeness (QED) is 0.442. The highest BCUT2D eigenvalue weighted by Crippen LogP contribution is 2.38. The number of halogens is 3. The van der Waals surface area contributed by atoms with Gasteiger partial charge in [-0.15, -0.1) is 0 Å². The first-order valence-corrected chi connectivity index (χ1v) is 9.55. The van der Waals surface area contributed by atoms with E-state index in [-0.39, 0.29) is 11.8 Å². The van der Waals surface area contributed by atoms with Crippen molar-refractivity contribution in [2.24, 2.45) is 0 Å². The summed E-state index contributed by atoms with van der Waals surface area (Å²) in [6.07, 6.45) is -2.37. The van der Waals surface area contributed by atoms with Crippen LogP contribution in [-0.2, 0) is 4.79 Å². The van der Waals surface area contributed by atoms with Crippen molar-refractivity contribution in [1.29, 1.82) is 5.26 Å². The second-order valence-corrected chi connectivity index (χ2v) is 6.53. The predicted octanol–water partition coefficient (Wildman–Crippen LogP) is 0.798. The number of nitrogens with zero attached hydrogens (tertiary/aromatic N) is 4. The molecule has 2 aromatic heterocycles. The lowest BCUT2D eigenvalue weighted by Crippen LogP contribution is -2.56. The van der Waals surface area contributed by atoms with Gasteiger partial charge >= 0.3 is 6.18 Å². The van der Waals surface area contributed by atoms with E-state index in [0.717, 1.165) is 11.3 Å². The van der Waals surface area contributed by atoms with Crippen LogP contribution >= 0.6 is 0 Å². The van der Waals surface area contributed by atoms with Crippen LogP contribution in [0.15, 0.2) is 36.7 Å². The lowest BCUT2D eigenvalue weighted by atomic mass is 10.1. The van der Waals surface area contributed by atoms with Crippen molar-refractivity contribution >= 4 is 17.6 Å². The Morgan fingerprint density at radius 1 is 1.29 bits per heavy atom. The highest BCUT2D eigenvalue weighted by molar-refractivity contribution is 5.76. The second kappa shape index (κ2) is 11.5. The standard InChI is InChI=1S/C18H19N7O2.C2HF3O2/c1-11(7-19)27-15-5-3-4-14(26-2)18(15)13-6-16(25-24-13)23-17-10-21-12(8-20)9-22-17;3-2(4,5)1(6)7/h3-6,9-11H,7,19H2,1-2H3,(H2,22,23,24,25);(H,6,7)/t11-;/m0./s1. The van der Waals surface area contributed by atoms with Gasteiger partial charge in [-0.1, -0.05) is 6.07 Å². The third-order valence-corrected chi connectivity index (χ3v) is 4.04. The van der Waals surface area contributed by atoms with Crippen molar-refractivity contribution in [2.45, 2.75) is 19.2 Å². The molecule has 0 unspecified atom stereocenters. The smallest absolute Gasteiger partial charge is 0.430 e. The summed E-state index contributed by atoms with van der Waals surface area (Å²) in [6.45, 7) is 2.60. The fourth-order valence-corrected chi connectivity index (χ4v) is 2.42. The van der Waals surface area contributed by atoms with Gasteiger partial charge in [-0.3, -0.25) is 5.10 Å². The Balaban J connectivity index is 0.000000509. The largest absolute Gasteiger partial charge is 0.542 e. The van der Waals surface area contributed by atoms with Gasteiger partial charge < -0.3 is 30.4 Å². The molecule has 1 atom stereocenters. The number of carbonyl (C=O) groups is 1. The van der Waals surface area contributed by atoms with Gasteiger partial charge in [0.25, 0.3) is 0 Å². The molecule has 0 spiro atoms. The summed E-state index contributed by atoms with van der Waals surface area (Å²) < 4.78 is 43.0. The number of benzene rings is 1. The summed E-state index contributed by atoms with van der Waals surface area (Å²) in [7, 11) is 1.61. The number of H-pyrrole nitrogens is 1. The van der Waals surface area contributed by atoms with E-state index in [4.69, 9.17) is 24.6 Å². The van der Waals surface area contributed by atoms with Crippen LogP contribution in [0, 0.1) is 11.3 Å². The number of alkyl halides is 3. The molecule has 0 aliphatic rings. The molecule has 11 nitrogen and oxygen atoms in total. The Labute approximate surface area is 191 Å². The highest BCUT2D eigenvalue weighted by atomic mass is 19.4. The molecule has 0 amide bonds. The number of nitriles is 1. The Kier molecular flexibility index (Phi) is 8.73. The molecule has 180 valence electrons. The van der Waals surface area contributed by atoms with Crippen molar-refractivity contribution in [2.75, 3.05) is 19.0 Å². The van der Waals surface area contributed by atoms with Crippen molar-refractivity contribution in [3.63, 3.8) is 0 Å². The molecular formula is C20H20F3N7O4. The van der Waals surface area contributed by atoms with Crippen molar-refractivity contribution in [3.8, 4) is 28.8 Å². The highest BCUT2D eigenvalue weighted by Gasteiger charge is 2.28. The van der Waals surface area contributed by atoms with Gasteiger partial charge in [0, 0.05) is 6.07 Å². The van der Waals surface area contributed by atoms with E-state index in [9.17, 15) is 13.2 Å². The maximum Gasteiger partial charge on any atom is 0.430 e. The Morgan fingerprint density at radius 2 is 1.97 bits per heavy atom. The number of methoxy groups -OCH3 is 1. The molecule has 14 heteroatoms. The molecule has 0 bridgehead atoms. The SMILES string of the molecule is COc1cccc(O[C@@H](C)C[NH3+])c1-c1cc(Nc2cnc(C#N)cn2)n[nH]1.O=C([O-])C(F)(F)F. The molecule has 0 saturated carbocycles. The number of nitrogens with one attached hydrogen (secondary N) is 2. The van der Waals surface area contributed by atoms with E-state index < -0.39 is 12.1 Å². The summed E-state index contributed by atoms with van der Waals surface area (Å²) in [5.41, 5.74) is 5.61. The van der Waals surface area contributed by atoms with Crippen molar-refractivity contribution < 1.29 is 38.3 Å². The minimum Gasteiger partial charge on any atom is -0.542 e. The summed E-state index contributed by atoms with van der Waals surface area (Å²) >= 11 is 0. The van der Waals surface area contributed by atoms with Crippen LogP contribution in [0.3, 0.4) is 0 Å². The Morgan fingerprint density at radius 3 is 2.50 bits per heavy atom. The number of aliphatic carboxylic acids is 1. The van der Waals surface area contributed by atoms with Crippen LogP contribution < -0.4 is 25.6 Å². The van der Waals surface area contributed by atoms with E-state index in [1.54, 1.807) is 7.11 Å². The first kappa shape index (κ1) is 25.9. The summed E-state index contributed by atoms with van der Waals surface area (Å²) in [5.74, 6) is -0.635. The first-order valence-electron chi connectivity index (χ1n) is 9.55. The van der Waals surface area contributed by atoms with Gasteiger partial charge in [0.15, 0.2) is 11.5 Å². The molecule has 0 aliphatic heterocycles. The van der Waals surface area contributed by atoms with E-state index in [1.165, 1.54) is 12.4 Å². The number of hydrogen-bond donors (Lipinski definition) is 3. The topological polar surface area (TPSA) is 177 Å². The minimum atomic E-state index is -5.19. The number of carboxylic acid groups (broad SMARTS) is 1. The molecule has 3 aromatic rings. The van der Waals surface area contributed by atoms with E-state index >= 15 is 0 Å². The maximum absolute atomic E-state index is 10.5. The van der Waals surface area contributed by atoms with Gasteiger partial charge in [-0.2, -0.15) is 23.5 Å². The normalized spacial score (nSPS) is 11.4. The number of aromatic nitrogens is 4. The monoisotopic (exact) mass is 479 g/mol. The second-order valence-electron chi connectivity index (χ2n) is 6.53. The van der Waals surface area contributed by atoms with Crippen LogP contribution in [-0.4, -0.2) is 52.1 Å². The summed E-state index contributed by atoms with van der Waals surface area (Å²) in [5, 5.41) is 27.8. The van der Waals surface area contributed by atoms with Gasteiger partial charge in [-0.25, -0.2) is 9.97 Å². The predicted molar refractivity (Wildman–Crippen MR) is 110 cm³/mol. The van der Waals surface area contributed by atoms with Crippen LogP contribution in [0.1, 0.15) is 12.6 Å². The molecule has 0 radical (unpaired) electrons. The lowest BCUT2D eigenvalue weighted by Gasteiger charge is -2.16. The molecule has 34 heavy (non-hydrogen) atoms. The van der Waals surface area contributed by atoms with E-state index in [1.807, 2.05) is 37.3 Å². The number of carbonyl (C=O) groups excluding carboxylic acids is 1. The number of hydrogen-bond acceptors (Lipinski definition) is 9. The Bertz CT molecular complexity index is 1140. The Hall–Kier alpha value is -4.38. The van der Waals surface area contributed by atoms with Crippen LogP contribution in [0.25, 0.3) is 11.3 Å². The molecular weight excluding hydrogens is 459 g/mol. The van der Waals surface area contributed by atoms with Gasteiger partial charge in [0.1, 0.15) is 42.0 Å².